The fraction of sp³-hybridized carbons (Fsp3) is 0.316. The van der Waals surface area contributed by atoms with Crippen LogP contribution in [-0.2, 0) is 11.3 Å². The predicted molar refractivity (Wildman–Crippen MR) is 93.7 cm³/mol. The zero-order valence-corrected chi connectivity index (χ0v) is 13.6. The van der Waals surface area contributed by atoms with Gasteiger partial charge in [-0.1, -0.05) is 30.3 Å². The van der Waals surface area contributed by atoms with Gasteiger partial charge in [-0.3, -0.25) is 0 Å². The van der Waals surface area contributed by atoms with Gasteiger partial charge < -0.3 is 19.7 Å². The lowest BCUT2D eigenvalue weighted by Gasteiger charge is -2.14. The standard InChI is InChI=1S/C19H21N3O2/c1-13-17(23)11-18(24-13)22-10-8-15-16(22)7-9-20-19(15)21-12-14-5-3-2-4-6-14/h2-10,13,17-18,23H,11-12H2,1H3,(H,20,21)/t13-,17+,18-/m1/s1. The molecule has 3 aromatic rings. The lowest BCUT2D eigenvalue weighted by atomic mass is 10.2. The molecule has 1 aliphatic heterocycles. The number of hydrogen-bond acceptors (Lipinski definition) is 4. The maximum atomic E-state index is 9.94. The second-order valence-electron chi connectivity index (χ2n) is 6.25. The molecule has 1 aromatic carbocycles. The molecule has 1 fully saturated rings. The Hall–Kier alpha value is -2.37. The maximum absolute atomic E-state index is 9.94. The van der Waals surface area contributed by atoms with Crippen LogP contribution in [0.25, 0.3) is 10.9 Å². The summed E-state index contributed by atoms with van der Waals surface area (Å²) in [5.41, 5.74) is 2.28. The third-order valence-electron chi connectivity index (χ3n) is 4.62. The van der Waals surface area contributed by atoms with E-state index < -0.39 is 6.10 Å². The summed E-state index contributed by atoms with van der Waals surface area (Å²) in [6, 6.07) is 14.3. The Labute approximate surface area is 140 Å². The number of aliphatic hydroxyl groups excluding tert-OH is 1. The van der Waals surface area contributed by atoms with Crippen LogP contribution in [0.1, 0.15) is 25.1 Å². The summed E-state index contributed by atoms with van der Waals surface area (Å²) in [5, 5.41) is 14.4. The van der Waals surface area contributed by atoms with E-state index in [9.17, 15) is 5.11 Å². The predicted octanol–water partition coefficient (Wildman–Crippen LogP) is 3.32. The van der Waals surface area contributed by atoms with Crippen LogP contribution in [-0.4, -0.2) is 26.9 Å². The molecule has 5 nitrogen and oxygen atoms in total. The highest BCUT2D eigenvalue weighted by Gasteiger charge is 2.32. The van der Waals surface area contributed by atoms with Crippen molar-refractivity contribution < 1.29 is 9.84 Å². The van der Waals surface area contributed by atoms with E-state index in [1.165, 1.54) is 5.56 Å². The Morgan fingerprint density at radius 3 is 2.83 bits per heavy atom. The number of pyridine rings is 1. The number of ether oxygens (including phenoxy) is 1. The van der Waals surface area contributed by atoms with Crippen molar-refractivity contribution in [3.05, 3.63) is 60.4 Å². The molecule has 0 saturated carbocycles. The first-order chi connectivity index (χ1) is 11.7. The third-order valence-corrected chi connectivity index (χ3v) is 4.62. The number of aromatic nitrogens is 2. The first-order valence-electron chi connectivity index (χ1n) is 8.29. The van der Waals surface area contributed by atoms with Crippen LogP contribution in [0.3, 0.4) is 0 Å². The Kier molecular flexibility index (Phi) is 3.96. The molecule has 1 saturated heterocycles. The van der Waals surface area contributed by atoms with E-state index in [0.717, 1.165) is 23.3 Å². The van der Waals surface area contributed by atoms with Crippen LogP contribution in [0.4, 0.5) is 5.82 Å². The first kappa shape index (κ1) is 15.2. The van der Waals surface area contributed by atoms with E-state index in [-0.39, 0.29) is 12.3 Å². The van der Waals surface area contributed by atoms with Gasteiger partial charge in [-0.25, -0.2) is 4.98 Å². The molecule has 5 heteroatoms. The number of hydrogen-bond donors (Lipinski definition) is 2. The second-order valence-corrected chi connectivity index (χ2v) is 6.25. The molecule has 0 aliphatic carbocycles. The summed E-state index contributed by atoms with van der Waals surface area (Å²) in [4.78, 5) is 4.48. The average Bonchev–Trinajstić information content (AvgIpc) is 3.18. The topological polar surface area (TPSA) is 59.3 Å². The number of fused-ring (bicyclic) bond motifs is 1. The molecule has 24 heavy (non-hydrogen) atoms. The SMILES string of the molecule is C[C@H]1O[C@@H](n2ccc3c(NCc4ccccc4)nccc32)C[C@@H]1O. The van der Waals surface area contributed by atoms with Gasteiger partial charge in [0.05, 0.1) is 17.7 Å². The molecule has 2 aromatic heterocycles. The van der Waals surface area contributed by atoms with Crippen molar-refractivity contribution >= 4 is 16.7 Å². The molecular weight excluding hydrogens is 302 g/mol. The summed E-state index contributed by atoms with van der Waals surface area (Å²) in [5.74, 6) is 0.863. The van der Waals surface area contributed by atoms with Gasteiger partial charge in [0.1, 0.15) is 12.0 Å². The van der Waals surface area contributed by atoms with Gasteiger partial charge in [0.15, 0.2) is 0 Å². The number of benzene rings is 1. The molecule has 2 N–H and O–H groups in total. The molecular formula is C19H21N3O2. The fourth-order valence-corrected chi connectivity index (χ4v) is 3.23. The second kappa shape index (κ2) is 6.26. The zero-order chi connectivity index (χ0) is 16.5. The Balaban J connectivity index is 1.60. The van der Waals surface area contributed by atoms with Gasteiger partial charge >= 0.3 is 0 Å². The van der Waals surface area contributed by atoms with E-state index in [1.807, 2.05) is 43.5 Å². The van der Waals surface area contributed by atoms with Crippen molar-refractivity contribution in [3.63, 3.8) is 0 Å². The lowest BCUT2D eigenvalue weighted by molar-refractivity contribution is -0.00586. The molecule has 0 bridgehead atoms. The summed E-state index contributed by atoms with van der Waals surface area (Å²) in [7, 11) is 0. The van der Waals surface area contributed by atoms with E-state index in [2.05, 4.69) is 27.0 Å². The summed E-state index contributed by atoms with van der Waals surface area (Å²) in [6.07, 6.45) is 3.75. The van der Waals surface area contributed by atoms with Gasteiger partial charge in [0.25, 0.3) is 0 Å². The van der Waals surface area contributed by atoms with Crippen molar-refractivity contribution in [2.24, 2.45) is 0 Å². The summed E-state index contributed by atoms with van der Waals surface area (Å²) >= 11 is 0. The van der Waals surface area contributed by atoms with E-state index in [0.29, 0.717) is 6.42 Å². The van der Waals surface area contributed by atoms with Crippen molar-refractivity contribution in [2.75, 3.05) is 5.32 Å². The summed E-state index contributed by atoms with van der Waals surface area (Å²) < 4.78 is 7.95. The smallest absolute Gasteiger partial charge is 0.137 e. The van der Waals surface area contributed by atoms with Gasteiger partial charge in [0, 0.05) is 30.7 Å². The lowest BCUT2D eigenvalue weighted by Crippen LogP contribution is -2.15. The van der Waals surface area contributed by atoms with Crippen LogP contribution in [0.5, 0.6) is 0 Å². The quantitative estimate of drug-likeness (QED) is 0.773. The zero-order valence-electron chi connectivity index (χ0n) is 13.6. The minimum absolute atomic E-state index is 0.128. The molecule has 4 rings (SSSR count). The van der Waals surface area contributed by atoms with Crippen molar-refractivity contribution in [1.29, 1.82) is 0 Å². The number of anilines is 1. The highest BCUT2D eigenvalue weighted by molar-refractivity contribution is 5.90. The van der Waals surface area contributed by atoms with Crippen molar-refractivity contribution in [3.8, 4) is 0 Å². The molecule has 0 radical (unpaired) electrons. The Morgan fingerprint density at radius 2 is 2.08 bits per heavy atom. The number of aliphatic hydroxyl groups is 1. The maximum Gasteiger partial charge on any atom is 0.137 e. The van der Waals surface area contributed by atoms with Crippen LogP contribution < -0.4 is 5.32 Å². The first-order valence-corrected chi connectivity index (χ1v) is 8.29. The van der Waals surface area contributed by atoms with Crippen LogP contribution in [0.15, 0.2) is 54.9 Å². The number of nitrogens with one attached hydrogen (secondary N) is 1. The molecule has 3 heterocycles. The molecule has 124 valence electrons. The summed E-state index contributed by atoms with van der Waals surface area (Å²) in [6.45, 7) is 2.64. The van der Waals surface area contributed by atoms with Crippen LogP contribution >= 0.6 is 0 Å². The Bertz CT molecular complexity index is 821. The number of rotatable bonds is 4. The van der Waals surface area contributed by atoms with Crippen molar-refractivity contribution in [2.45, 2.75) is 38.3 Å². The molecule has 0 unspecified atom stereocenters. The highest BCUT2D eigenvalue weighted by atomic mass is 16.5. The monoisotopic (exact) mass is 323 g/mol. The average molecular weight is 323 g/mol. The van der Waals surface area contributed by atoms with Crippen LogP contribution in [0, 0.1) is 0 Å². The fourth-order valence-electron chi connectivity index (χ4n) is 3.23. The van der Waals surface area contributed by atoms with Gasteiger partial charge in [-0.2, -0.15) is 0 Å². The van der Waals surface area contributed by atoms with Gasteiger partial charge in [0.2, 0.25) is 0 Å². The minimum Gasteiger partial charge on any atom is -0.390 e. The van der Waals surface area contributed by atoms with E-state index >= 15 is 0 Å². The minimum atomic E-state index is -0.412. The number of nitrogens with zero attached hydrogens (tertiary/aromatic N) is 2. The molecule has 1 aliphatic rings. The largest absolute Gasteiger partial charge is 0.390 e. The van der Waals surface area contributed by atoms with Crippen LogP contribution in [0.2, 0.25) is 0 Å². The third kappa shape index (κ3) is 2.77. The molecule has 0 spiro atoms. The molecule has 0 amide bonds. The van der Waals surface area contributed by atoms with Gasteiger partial charge in [-0.15, -0.1) is 0 Å². The van der Waals surface area contributed by atoms with E-state index in [1.54, 1.807) is 6.20 Å². The van der Waals surface area contributed by atoms with Gasteiger partial charge in [-0.05, 0) is 24.6 Å². The highest BCUT2D eigenvalue weighted by Crippen LogP contribution is 2.33. The van der Waals surface area contributed by atoms with Crippen molar-refractivity contribution in [1.82, 2.24) is 9.55 Å². The van der Waals surface area contributed by atoms with E-state index in [4.69, 9.17) is 4.74 Å². The Morgan fingerprint density at radius 1 is 1.25 bits per heavy atom. The molecule has 3 atom stereocenters. The normalized spacial score (nSPS) is 23.7.